The first kappa shape index (κ1) is 21.1. The van der Waals surface area contributed by atoms with Gasteiger partial charge in [-0.25, -0.2) is 9.98 Å². The monoisotopic (exact) mass is 405 g/mol. The molecule has 2 heterocycles. The first-order valence-electron chi connectivity index (χ1n) is 10.7. The highest BCUT2D eigenvalue weighted by molar-refractivity contribution is 7.09. The topological polar surface area (TPSA) is 69.6 Å². The molecule has 6 nitrogen and oxygen atoms in total. The average molecular weight is 406 g/mol. The maximum Gasteiger partial charge on any atom is 0.225 e. The molecular formula is C21H35N5OS. The third-order valence-corrected chi connectivity index (χ3v) is 6.42. The lowest BCUT2D eigenvalue weighted by molar-refractivity contribution is -0.134. The summed E-state index contributed by atoms with van der Waals surface area (Å²) in [7, 11) is 0. The van der Waals surface area contributed by atoms with Crippen molar-refractivity contribution in [3.05, 3.63) is 16.1 Å². The predicted octanol–water partition coefficient (Wildman–Crippen LogP) is 3.29. The SMILES string of the molecule is CCNC(=NCc1nc(C(C)(C)C)cs1)NC1CCN(C(=O)C2CCCC2)C1. The Labute approximate surface area is 173 Å². The second-order valence-electron chi connectivity index (χ2n) is 8.97. The summed E-state index contributed by atoms with van der Waals surface area (Å²) in [4.78, 5) is 24.1. The summed E-state index contributed by atoms with van der Waals surface area (Å²) in [5, 5.41) is 10.0. The van der Waals surface area contributed by atoms with Crippen LogP contribution in [0.3, 0.4) is 0 Å². The highest BCUT2D eigenvalue weighted by Gasteiger charge is 2.32. The van der Waals surface area contributed by atoms with Gasteiger partial charge in [-0.3, -0.25) is 4.79 Å². The molecule has 1 atom stereocenters. The number of aliphatic imine (C=N–C) groups is 1. The third-order valence-electron chi connectivity index (χ3n) is 5.58. The van der Waals surface area contributed by atoms with Crippen molar-refractivity contribution in [3.63, 3.8) is 0 Å². The number of nitrogens with zero attached hydrogens (tertiary/aromatic N) is 3. The average Bonchev–Trinajstić information content (AvgIpc) is 3.39. The van der Waals surface area contributed by atoms with Gasteiger partial charge in [-0.05, 0) is 26.2 Å². The van der Waals surface area contributed by atoms with Gasteiger partial charge in [0.1, 0.15) is 5.01 Å². The van der Waals surface area contributed by atoms with E-state index in [-0.39, 0.29) is 17.4 Å². The maximum absolute atomic E-state index is 12.6. The number of nitrogens with one attached hydrogen (secondary N) is 2. The molecule has 156 valence electrons. The smallest absolute Gasteiger partial charge is 0.225 e. The van der Waals surface area contributed by atoms with E-state index in [0.717, 1.165) is 55.6 Å². The summed E-state index contributed by atoms with van der Waals surface area (Å²) >= 11 is 1.67. The maximum atomic E-state index is 12.6. The molecule has 1 amide bonds. The quantitative estimate of drug-likeness (QED) is 0.583. The van der Waals surface area contributed by atoms with E-state index in [9.17, 15) is 4.79 Å². The summed E-state index contributed by atoms with van der Waals surface area (Å²) < 4.78 is 0. The van der Waals surface area contributed by atoms with Gasteiger partial charge in [0.2, 0.25) is 5.91 Å². The molecule has 0 spiro atoms. The van der Waals surface area contributed by atoms with E-state index < -0.39 is 0 Å². The minimum atomic E-state index is 0.0698. The Morgan fingerprint density at radius 3 is 2.71 bits per heavy atom. The van der Waals surface area contributed by atoms with Crippen LogP contribution >= 0.6 is 11.3 Å². The Morgan fingerprint density at radius 1 is 1.32 bits per heavy atom. The molecule has 1 aromatic rings. The predicted molar refractivity (Wildman–Crippen MR) is 116 cm³/mol. The van der Waals surface area contributed by atoms with Crippen LogP contribution in [0.25, 0.3) is 0 Å². The van der Waals surface area contributed by atoms with E-state index >= 15 is 0 Å². The van der Waals surface area contributed by atoms with Crippen LogP contribution < -0.4 is 10.6 Å². The van der Waals surface area contributed by atoms with Gasteiger partial charge in [0.25, 0.3) is 0 Å². The van der Waals surface area contributed by atoms with Crippen LogP contribution in [-0.4, -0.2) is 47.4 Å². The lowest BCUT2D eigenvalue weighted by atomic mass is 9.93. The van der Waals surface area contributed by atoms with Gasteiger partial charge in [0.05, 0.1) is 12.2 Å². The van der Waals surface area contributed by atoms with Gasteiger partial charge < -0.3 is 15.5 Å². The minimum absolute atomic E-state index is 0.0698. The van der Waals surface area contributed by atoms with Crippen LogP contribution in [0, 0.1) is 5.92 Å². The van der Waals surface area contributed by atoms with Crippen molar-refractivity contribution >= 4 is 23.2 Å². The Hall–Kier alpha value is -1.63. The molecule has 0 aromatic carbocycles. The Morgan fingerprint density at radius 2 is 2.07 bits per heavy atom. The summed E-state index contributed by atoms with van der Waals surface area (Å²) in [6, 6.07) is 0.268. The molecule has 0 bridgehead atoms. The van der Waals surface area contributed by atoms with Crippen molar-refractivity contribution in [2.45, 2.75) is 77.8 Å². The Kier molecular flexibility index (Phi) is 6.96. The second kappa shape index (κ2) is 9.25. The zero-order chi connectivity index (χ0) is 20.1. The number of carbonyl (C=O) groups is 1. The van der Waals surface area contributed by atoms with Gasteiger partial charge in [-0.2, -0.15) is 0 Å². The number of likely N-dealkylation sites (tertiary alicyclic amines) is 1. The van der Waals surface area contributed by atoms with Crippen molar-refractivity contribution in [2.24, 2.45) is 10.9 Å². The van der Waals surface area contributed by atoms with Gasteiger partial charge in [-0.15, -0.1) is 11.3 Å². The van der Waals surface area contributed by atoms with Crippen molar-refractivity contribution in [1.29, 1.82) is 0 Å². The normalized spacial score (nSPS) is 21.4. The highest BCUT2D eigenvalue weighted by Crippen LogP contribution is 2.28. The van der Waals surface area contributed by atoms with E-state index in [1.807, 2.05) is 4.90 Å². The molecule has 1 unspecified atom stereocenters. The molecule has 1 aliphatic heterocycles. The van der Waals surface area contributed by atoms with Crippen LogP contribution in [0.5, 0.6) is 0 Å². The summed E-state index contributed by atoms with van der Waals surface area (Å²) in [6.45, 7) is 11.6. The molecule has 2 fully saturated rings. The summed E-state index contributed by atoms with van der Waals surface area (Å²) in [6.07, 6.45) is 5.53. The van der Waals surface area contributed by atoms with Crippen LogP contribution in [0.1, 0.15) is 70.5 Å². The van der Waals surface area contributed by atoms with Gasteiger partial charge in [-0.1, -0.05) is 33.6 Å². The molecule has 7 heteroatoms. The van der Waals surface area contributed by atoms with Crippen LogP contribution in [-0.2, 0) is 16.8 Å². The van der Waals surface area contributed by atoms with Crippen LogP contribution in [0.2, 0.25) is 0 Å². The molecule has 2 N–H and O–H groups in total. The number of guanidine groups is 1. The Balaban J connectivity index is 1.55. The zero-order valence-electron chi connectivity index (χ0n) is 17.8. The standard InChI is InChI=1S/C21H35N5OS/c1-5-22-20(23-12-18-25-17(14-28-18)21(2,3)4)24-16-10-11-26(13-16)19(27)15-8-6-7-9-15/h14-16H,5-13H2,1-4H3,(H2,22,23,24). The fraction of sp³-hybridized carbons (Fsp3) is 0.762. The second-order valence-corrected chi connectivity index (χ2v) is 9.91. The molecule has 3 rings (SSSR count). The first-order chi connectivity index (χ1) is 13.4. The molecule has 2 aliphatic rings. The molecule has 28 heavy (non-hydrogen) atoms. The van der Waals surface area contributed by atoms with E-state index in [1.54, 1.807) is 11.3 Å². The molecule has 1 saturated carbocycles. The first-order valence-corrected chi connectivity index (χ1v) is 11.5. The zero-order valence-corrected chi connectivity index (χ0v) is 18.6. The number of amides is 1. The van der Waals surface area contributed by atoms with Crippen LogP contribution in [0.4, 0.5) is 0 Å². The molecule has 1 saturated heterocycles. The van der Waals surface area contributed by atoms with Gasteiger partial charge >= 0.3 is 0 Å². The van der Waals surface area contributed by atoms with Crippen molar-refractivity contribution < 1.29 is 4.79 Å². The summed E-state index contributed by atoms with van der Waals surface area (Å²) in [5.74, 6) is 1.44. The minimum Gasteiger partial charge on any atom is -0.357 e. The largest absolute Gasteiger partial charge is 0.357 e. The van der Waals surface area contributed by atoms with E-state index in [0.29, 0.717) is 12.5 Å². The molecule has 0 radical (unpaired) electrons. The number of aromatic nitrogens is 1. The molecule has 1 aromatic heterocycles. The van der Waals surface area contributed by atoms with Crippen LogP contribution in [0.15, 0.2) is 10.4 Å². The lowest BCUT2D eigenvalue weighted by Gasteiger charge is -2.21. The summed E-state index contributed by atoms with van der Waals surface area (Å²) in [5.41, 5.74) is 1.19. The lowest BCUT2D eigenvalue weighted by Crippen LogP contribution is -2.45. The van der Waals surface area contributed by atoms with E-state index in [1.165, 1.54) is 12.8 Å². The number of carbonyl (C=O) groups excluding carboxylic acids is 1. The number of thiazole rings is 1. The fourth-order valence-electron chi connectivity index (χ4n) is 3.90. The van der Waals surface area contributed by atoms with Gasteiger partial charge in [0.15, 0.2) is 5.96 Å². The number of rotatable bonds is 5. The van der Waals surface area contributed by atoms with Crippen molar-refractivity contribution in [3.8, 4) is 0 Å². The molecular weight excluding hydrogens is 370 g/mol. The van der Waals surface area contributed by atoms with Crippen molar-refractivity contribution in [2.75, 3.05) is 19.6 Å². The fourth-order valence-corrected chi connectivity index (χ4v) is 4.84. The number of hydrogen-bond donors (Lipinski definition) is 2. The van der Waals surface area contributed by atoms with E-state index in [4.69, 9.17) is 9.98 Å². The van der Waals surface area contributed by atoms with E-state index in [2.05, 4.69) is 43.7 Å². The number of hydrogen-bond acceptors (Lipinski definition) is 4. The Bertz CT molecular complexity index is 687. The molecule has 1 aliphatic carbocycles. The van der Waals surface area contributed by atoms with Crippen molar-refractivity contribution in [1.82, 2.24) is 20.5 Å². The third kappa shape index (κ3) is 5.46. The highest BCUT2D eigenvalue weighted by atomic mass is 32.1. The van der Waals surface area contributed by atoms with Gasteiger partial charge in [0, 0.05) is 42.4 Å².